The van der Waals surface area contributed by atoms with Crippen molar-refractivity contribution in [3.63, 3.8) is 0 Å². The van der Waals surface area contributed by atoms with E-state index >= 15 is 0 Å². The highest BCUT2D eigenvalue weighted by Gasteiger charge is 2.24. The summed E-state index contributed by atoms with van der Waals surface area (Å²) in [5.74, 6) is 1.55. The smallest absolute Gasteiger partial charge is 0.129 e. The van der Waals surface area contributed by atoms with Crippen molar-refractivity contribution >= 4 is 17.1 Å². The first-order chi connectivity index (χ1) is 19.7. The van der Waals surface area contributed by atoms with Gasteiger partial charge in [0.1, 0.15) is 17.2 Å². The molecule has 0 fully saturated rings. The van der Waals surface area contributed by atoms with Crippen LogP contribution >= 0.6 is 0 Å². The molecule has 194 valence electrons. The topological polar surface area (TPSA) is 33.5 Å². The zero-order valence-corrected chi connectivity index (χ0v) is 22.2. The third-order valence-electron chi connectivity index (χ3n) is 7.23. The van der Waals surface area contributed by atoms with Gasteiger partial charge in [0.15, 0.2) is 0 Å². The lowest BCUT2D eigenvalue weighted by atomic mass is 10.0. The van der Waals surface area contributed by atoms with E-state index in [0.29, 0.717) is 0 Å². The fourth-order valence-corrected chi connectivity index (χ4v) is 5.29. The number of anilines is 3. The van der Waals surface area contributed by atoms with Crippen molar-refractivity contribution in [1.82, 2.24) is 9.78 Å². The first-order valence-electron chi connectivity index (χ1n) is 13.4. The lowest BCUT2D eigenvalue weighted by Crippen LogP contribution is -2.23. The Hall–Kier alpha value is -5.29. The SMILES string of the molecule is CN1CN(c2cccc(Oc3cccc(-n4cc(-c5ccccc5)c(-c5ccccc5)n4)c3)c2)c2ccccc21. The summed E-state index contributed by atoms with van der Waals surface area (Å²) in [6.07, 6.45) is 2.10. The monoisotopic (exact) mass is 520 g/mol. The van der Waals surface area contributed by atoms with Gasteiger partial charge in [0, 0.05) is 42.2 Å². The molecule has 0 amide bonds. The Balaban J connectivity index is 1.20. The Kier molecular flexibility index (Phi) is 6.02. The van der Waals surface area contributed by atoms with Crippen molar-refractivity contribution in [1.29, 1.82) is 0 Å². The predicted molar refractivity (Wildman–Crippen MR) is 163 cm³/mol. The van der Waals surface area contributed by atoms with Crippen molar-refractivity contribution < 1.29 is 4.74 Å². The zero-order chi connectivity index (χ0) is 26.9. The number of aromatic nitrogens is 2. The molecule has 1 aliphatic heterocycles. The number of nitrogens with zero attached hydrogens (tertiary/aromatic N) is 4. The van der Waals surface area contributed by atoms with Gasteiger partial charge in [-0.1, -0.05) is 84.9 Å². The van der Waals surface area contributed by atoms with Crippen LogP contribution in [0.4, 0.5) is 17.1 Å². The molecule has 0 N–H and O–H groups in total. The maximum Gasteiger partial charge on any atom is 0.129 e. The van der Waals surface area contributed by atoms with Gasteiger partial charge in [0.2, 0.25) is 0 Å². The lowest BCUT2D eigenvalue weighted by Gasteiger charge is -2.20. The van der Waals surface area contributed by atoms with Gasteiger partial charge in [0.25, 0.3) is 0 Å². The summed E-state index contributed by atoms with van der Waals surface area (Å²) in [6, 6.07) is 45.5. The van der Waals surface area contributed by atoms with E-state index in [0.717, 1.165) is 51.9 Å². The molecule has 0 atom stereocenters. The molecule has 1 aliphatic rings. The van der Waals surface area contributed by atoms with Crippen molar-refractivity contribution in [3.8, 4) is 39.6 Å². The van der Waals surface area contributed by atoms with Crippen molar-refractivity contribution in [2.75, 3.05) is 23.5 Å². The van der Waals surface area contributed by atoms with Crippen LogP contribution < -0.4 is 14.5 Å². The normalized spacial score (nSPS) is 12.4. The minimum absolute atomic E-state index is 0.756. The van der Waals surface area contributed by atoms with Gasteiger partial charge >= 0.3 is 0 Å². The molecule has 5 aromatic carbocycles. The Morgan fingerprint density at radius 2 is 1.20 bits per heavy atom. The summed E-state index contributed by atoms with van der Waals surface area (Å²) in [5, 5.41) is 5.02. The maximum atomic E-state index is 6.38. The van der Waals surface area contributed by atoms with Crippen LogP contribution in [0.25, 0.3) is 28.1 Å². The molecule has 5 heteroatoms. The molecule has 0 spiro atoms. The molecule has 0 saturated carbocycles. The second kappa shape index (κ2) is 10.1. The van der Waals surface area contributed by atoms with Crippen molar-refractivity contribution in [2.45, 2.75) is 0 Å². The third kappa shape index (κ3) is 4.48. The summed E-state index contributed by atoms with van der Waals surface area (Å²) in [7, 11) is 2.12. The van der Waals surface area contributed by atoms with E-state index in [4.69, 9.17) is 9.84 Å². The first kappa shape index (κ1) is 23.8. The Morgan fingerprint density at radius 1 is 0.600 bits per heavy atom. The predicted octanol–water partition coefficient (Wildman–Crippen LogP) is 8.54. The van der Waals surface area contributed by atoms with Gasteiger partial charge in [-0.3, -0.25) is 0 Å². The second-order valence-corrected chi connectivity index (χ2v) is 9.92. The highest BCUT2D eigenvalue weighted by molar-refractivity contribution is 5.82. The van der Waals surface area contributed by atoms with E-state index in [9.17, 15) is 0 Å². The highest BCUT2D eigenvalue weighted by atomic mass is 16.5. The molecular formula is C35H28N4O. The van der Waals surface area contributed by atoms with E-state index in [1.807, 2.05) is 59.3 Å². The molecule has 0 bridgehead atoms. The number of para-hydroxylation sites is 2. The molecule has 2 heterocycles. The van der Waals surface area contributed by atoms with Crippen LogP contribution in [0.2, 0.25) is 0 Å². The maximum absolute atomic E-state index is 6.38. The molecule has 5 nitrogen and oxygen atoms in total. The molecule has 0 unspecified atom stereocenters. The van der Waals surface area contributed by atoms with Crippen LogP contribution in [0, 0.1) is 0 Å². The fraction of sp³-hybridized carbons (Fsp3) is 0.0571. The second-order valence-electron chi connectivity index (χ2n) is 9.92. The van der Waals surface area contributed by atoms with Crippen LogP contribution in [0.15, 0.2) is 140 Å². The summed E-state index contributed by atoms with van der Waals surface area (Å²) < 4.78 is 8.32. The largest absolute Gasteiger partial charge is 0.457 e. The standard InChI is InChI=1S/C35H28N4O/c1-37-25-38(34-21-9-8-20-33(34)37)28-16-10-18-30(22-28)40-31-19-11-17-29(23-31)39-24-32(26-12-4-2-5-13-26)35(36-39)27-14-6-3-7-15-27/h2-24H,25H2,1H3. The van der Waals surface area contributed by atoms with Crippen LogP contribution in [-0.2, 0) is 0 Å². The van der Waals surface area contributed by atoms with E-state index in [1.165, 1.54) is 11.4 Å². The minimum Gasteiger partial charge on any atom is -0.457 e. The summed E-state index contributed by atoms with van der Waals surface area (Å²) in [4.78, 5) is 4.56. The van der Waals surface area contributed by atoms with E-state index in [1.54, 1.807) is 0 Å². The number of hydrogen-bond acceptors (Lipinski definition) is 4. The number of rotatable bonds is 6. The highest BCUT2D eigenvalue weighted by Crippen LogP contribution is 2.40. The Bertz CT molecular complexity index is 1720. The molecule has 40 heavy (non-hydrogen) atoms. The van der Waals surface area contributed by atoms with E-state index in [-0.39, 0.29) is 0 Å². The summed E-state index contributed by atoms with van der Waals surface area (Å²) in [6.45, 7) is 0.797. The average Bonchev–Trinajstić information content (AvgIpc) is 3.61. The fourth-order valence-electron chi connectivity index (χ4n) is 5.29. The van der Waals surface area contributed by atoms with Gasteiger partial charge in [-0.2, -0.15) is 5.10 Å². The molecule has 1 aromatic heterocycles. The van der Waals surface area contributed by atoms with Crippen LogP contribution in [-0.4, -0.2) is 23.5 Å². The first-order valence-corrected chi connectivity index (χ1v) is 13.4. The lowest BCUT2D eigenvalue weighted by molar-refractivity contribution is 0.482. The van der Waals surface area contributed by atoms with Gasteiger partial charge in [0.05, 0.1) is 23.7 Å². The third-order valence-corrected chi connectivity index (χ3v) is 7.23. The number of ether oxygens (including phenoxy) is 1. The van der Waals surface area contributed by atoms with Crippen molar-refractivity contribution in [2.24, 2.45) is 0 Å². The van der Waals surface area contributed by atoms with E-state index < -0.39 is 0 Å². The van der Waals surface area contributed by atoms with Crippen LogP contribution in [0.3, 0.4) is 0 Å². The van der Waals surface area contributed by atoms with Crippen LogP contribution in [0.1, 0.15) is 0 Å². The zero-order valence-electron chi connectivity index (χ0n) is 22.2. The van der Waals surface area contributed by atoms with Gasteiger partial charge < -0.3 is 14.5 Å². The quantitative estimate of drug-likeness (QED) is 0.220. The minimum atomic E-state index is 0.756. The van der Waals surface area contributed by atoms with E-state index in [2.05, 4.69) is 102 Å². The number of hydrogen-bond donors (Lipinski definition) is 0. The van der Waals surface area contributed by atoms with Gasteiger partial charge in [-0.05, 0) is 42.0 Å². The number of benzene rings is 5. The molecule has 0 saturated heterocycles. The molecule has 6 aromatic rings. The van der Waals surface area contributed by atoms with Gasteiger partial charge in [-0.25, -0.2) is 4.68 Å². The van der Waals surface area contributed by atoms with Gasteiger partial charge in [-0.15, -0.1) is 0 Å². The summed E-state index contributed by atoms with van der Waals surface area (Å²) >= 11 is 0. The Morgan fingerprint density at radius 3 is 1.93 bits per heavy atom. The molecular weight excluding hydrogens is 492 g/mol. The summed E-state index contributed by atoms with van der Waals surface area (Å²) in [5.41, 5.74) is 8.70. The van der Waals surface area contributed by atoms with Crippen LogP contribution in [0.5, 0.6) is 11.5 Å². The molecule has 0 aliphatic carbocycles. The number of fused-ring (bicyclic) bond motifs is 1. The van der Waals surface area contributed by atoms with Crippen molar-refractivity contribution in [3.05, 3.63) is 140 Å². The molecule has 0 radical (unpaired) electrons. The average molecular weight is 521 g/mol. The Labute approximate surface area is 234 Å². The molecule has 7 rings (SSSR count).